The molecule has 1 N–H and O–H groups in total. The second-order valence-corrected chi connectivity index (χ2v) is 5.28. The molecule has 0 bridgehead atoms. The minimum absolute atomic E-state index is 0.116. The van der Waals surface area contributed by atoms with E-state index >= 15 is 0 Å². The summed E-state index contributed by atoms with van der Waals surface area (Å²) in [5, 5.41) is 10.1. The molecule has 0 unspecified atom stereocenters. The maximum Gasteiger partial charge on any atom is 0.254 e. The van der Waals surface area contributed by atoms with E-state index in [1.54, 1.807) is 24.2 Å². The molecule has 1 aromatic heterocycles. The lowest BCUT2D eigenvalue weighted by Gasteiger charge is -2.49. The van der Waals surface area contributed by atoms with Crippen LogP contribution in [0.4, 0.5) is 0 Å². The van der Waals surface area contributed by atoms with E-state index in [0.717, 1.165) is 0 Å². The van der Waals surface area contributed by atoms with E-state index in [-0.39, 0.29) is 17.4 Å². The van der Waals surface area contributed by atoms with Crippen LogP contribution in [0.5, 0.6) is 0 Å². The summed E-state index contributed by atoms with van der Waals surface area (Å²) in [6, 6.07) is 2.95. The van der Waals surface area contributed by atoms with Gasteiger partial charge in [0.2, 0.25) is 0 Å². The Hall–Kier alpha value is -1.62. The van der Waals surface area contributed by atoms with Crippen molar-refractivity contribution in [2.45, 2.75) is 19.4 Å². The molecular formula is C13H18N2O3. The van der Waals surface area contributed by atoms with Gasteiger partial charge in [-0.2, -0.15) is 0 Å². The van der Waals surface area contributed by atoms with Gasteiger partial charge >= 0.3 is 0 Å². The number of hydrogen-bond acceptors (Lipinski definition) is 3. The number of aromatic nitrogens is 1. The van der Waals surface area contributed by atoms with Gasteiger partial charge in [0, 0.05) is 24.9 Å². The Balaban J connectivity index is 2.11. The molecular weight excluding hydrogens is 232 g/mol. The highest BCUT2D eigenvalue weighted by Gasteiger charge is 2.45. The van der Waals surface area contributed by atoms with Crippen molar-refractivity contribution in [2.75, 3.05) is 13.1 Å². The van der Waals surface area contributed by atoms with Crippen LogP contribution in [0.2, 0.25) is 0 Å². The van der Waals surface area contributed by atoms with Gasteiger partial charge in [-0.3, -0.25) is 9.59 Å². The number of carbonyl (C=O) groups excluding carboxylic acids is 1. The predicted octanol–water partition coefficient (Wildman–Crippen LogP) is 0.228. The zero-order valence-corrected chi connectivity index (χ0v) is 10.9. The number of likely N-dealkylation sites (tertiary alicyclic amines) is 1. The topological polar surface area (TPSA) is 62.5 Å². The number of nitrogens with zero attached hydrogens (tertiary/aromatic N) is 2. The first-order chi connectivity index (χ1) is 8.33. The standard InChI is InChI=1S/C13H18N2O3/c1-9(2)13(18)7-15(8-13)12(17)10-4-5-14(3)11(16)6-10/h4-6,9,18H,7-8H2,1-3H3. The van der Waals surface area contributed by atoms with Crippen molar-refractivity contribution in [3.8, 4) is 0 Å². The zero-order valence-electron chi connectivity index (χ0n) is 10.9. The van der Waals surface area contributed by atoms with Crippen LogP contribution in [0.25, 0.3) is 0 Å². The Morgan fingerprint density at radius 2 is 2.06 bits per heavy atom. The molecule has 98 valence electrons. The first kappa shape index (κ1) is 12.8. The van der Waals surface area contributed by atoms with E-state index < -0.39 is 5.60 Å². The van der Waals surface area contributed by atoms with E-state index in [1.165, 1.54) is 10.6 Å². The third-order valence-corrected chi connectivity index (χ3v) is 3.64. The van der Waals surface area contributed by atoms with E-state index in [2.05, 4.69) is 0 Å². The molecule has 0 radical (unpaired) electrons. The fourth-order valence-electron chi connectivity index (χ4n) is 1.99. The van der Waals surface area contributed by atoms with Crippen molar-refractivity contribution in [2.24, 2.45) is 13.0 Å². The van der Waals surface area contributed by atoms with Crippen molar-refractivity contribution < 1.29 is 9.90 Å². The van der Waals surface area contributed by atoms with E-state index in [0.29, 0.717) is 18.7 Å². The van der Waals surface area contributed by atoms with Gasteiger partial charge in [0.15, 0.2) is 0 Å². The lowest BCUT2D eigenvalue weighted by Crippen LogP contribution is -2.66. The van der Waals surface area contributed by atoms with Gasteiger partial charge in [0.1, 0.15) is 5.60 Å². The first-order valence-corrected chi connectivity index (χ1v) is 6.02. The monoisotopic (exact) mass is 250 g/mol. The molecule has 5 nitrogen and oxygen atoms in total. The highest BCUT2D eigenvalue weighted by molar-refractivity contribution is 5.94. The average molecular weight is 250 g/mol. The number of β-amino-alcohol motifs (C(OH)–C–C–N with tert-alkyl or cyclic N) is 1. The molecule has 1 amide bonds. The van der Waals surface area contributed by atoms with E-state index in [4.69, 9.17) is 0 Å². The maximum absolute atomic E-state index is 12.1. The van der Waals surface area contributed by atoms with Gasteiger partial charge < -0.3 is 14.6 Å². The maximum atomic E-state index is 12.1. The van der Waals surface area contributed by atoms with Gasteiger partial charge in [-0.25, -0.2) is 0 Å². The summed E-state index contributed by atoms with van der Waals surface area (Å²) in [6.45, 7) is 4.53. The van der Waals surface area contributed by atoms with E-state index in [1.807, 2.05) is 13.8 Å². The van der Waals surface area contributed by atoms with Crippen LogP contribution < -0.4 is 5.56 Å². The highest BCUT2D eigenvalue weighted by Crippen LogP contribution is 2.29. The summed E-state index contributed by atoms with van der Waals surface area (Å²) < 4.78 is 1.41. The molecule has 0 aromatic carbocycles. The van der Waals surface area contributed by atoms with Gasteiger partial charge in [-0.1, -0.05) is 13.8 Å². The van der Waals surface area contributed by atoms with Crippen LogP contribution in [-0.4, -0.2) is 39.2 Å². The average Bonchev–Trinajstić information content (AvgIpc) is 2.27. The minimum Gasteiger partial charge on any atom is -0.386 e. The molecule has 1 aliphatic heterocycles. The largest absolute Gasteiger partial charge is 0.386 e. The second-order valence-electron chi connectivity index (χ2n) is 5.28. The highest BCUT2D eigenvalue weighted by atomic mass is 16.3. The van der Waals surface area contributed by atoms with Crippen molar-refractivity contribution in [1.29, 1.82) is 0 Å². The molecule has 5 heteroatoms. The SMILES string of the molecule is CC(C)C1(O)CN(C(=O)c2ccn(C)c(=O)c2)C1. The second kappa shape index (κ2) is 4.24. The fourth-order valence-corrected chi connectivity index (χ4v) is 1.99. The van der Waals surface area contributed by atoms with Crippen LogP contribution >= 0.6 is 0 Å². The molecule has 1 aromatic rings. The zero-order chi connectivity index (χ0) is 13.5. The number of carbonyl (C=O) groups is 1. The quantitative estimate of drug-likeness (QED) is 0.817. The molecule has 18 heavy (non-hydrogen) atoms. The van der Waals surface area contributed by atoms with Gasteiger partial charge in [0.05, 0.1) is 13.1 Å². The molecule has 1 aliphatic rings. The summed E-state index contributed by atoms with van der Waals surface area (Å²) in [5.41, 5.74) is -0.612. The summed E-state index contributed by atoms with van der Waals surface area (Å²) in [7, 11) is 1.64. The number of aliphatic hydroxyl groups is 1. The van der Waals surface area contributed by atoms with Crippen LogP contribution in [0.15, 0.2) is 23.1 Å². The molecule has 2 heterocycles. The lowest BCUT2D eigenvalue weighted by atomic mass is 9.82. The van der Waals surface area contributed by atoms with Crippen LogP contribution in [0.1, 0.15) is 24.2 Å². The Morgan fingerprint density at radius 3 is 2.56 bits per heavy atom. The van der Waals surface area contributed by atoms with Crippen LogP contribution in [-0.2, 0) is 7.05 Å². The number of aryl methyl sites for hydroxylation is 1. The van der Waals surface area contributed by atoms with E-state index in [9.17, 15) is 14.7 Å². The predicted molar refractivity (Wildman–Crippen MR) is 67.4 cm³/mol. The molecule has 1 fully saturated rings. The summed E-state index contributed by atoms with van der Waals surface area (Å²) in [5.74, 6) is -0.0804. The first-order valence-electron chi connectivity index (χ1n) is 6.02. The summed E-state index contributed by atoms with van der Waals surface area (Å²) >= 11 is 0. The Bertz CT molecular complexity index is 527. The molecule has 2 rings (SSSR count). The molecule has 0 aliphatic carbocycles. The van der Waals surface area contributed by atoms with Gasteiger partial charge in [-0.15, -0.1) is 0 Å². The normalized spacial score (nSPS) is 17.7. The van der Waals surface area contributed by atoms with Crippen molar-refractivity contribution in [3.63, 3.8) is 0 Å². The smallest absolute Gasteiger partial charge is 0.254 e. The van der Waals surface area contributed by atoms with Crippen LogP contribution in [0, 0.1) is 5.92 Å². The molecule has 0 atom stereocenters. The summed E-state index contributed by atoms with van der Waals surface area (Å²) in [4.78, 5) is 25.1. The Morgan fingerprint density at radius 1 is 1.44 bits per heavy atom. The Kier molecular flexibility index (Phi) is 3.02. The van der Waals surface area contributed by atoms with Crippen molar-refractivity contribution in [1.82, 2.24) is 9.47 Å². The Labute approximate surface area is 106 Å². The summed E-state index contributed by atoms with van der Waals surface area (Å²) in [6.07, 6.45) is 1.57. The lowest BCUT2D eigenvalue weighted by molar-refractivity contribution is -0.110. The number of amides is 1. The minimum atomic E-state index is -0.782. The number of rotatable bonds is 2. The van der Waals surface area contributed by atoms with Gasteiger partial charge in [-0.05, 0) is 12.0 Å². The number of hydrogen-bond donors (Lipinski definition) is 1. The fraction of sp³-hybridized carbons (Fsp3) is 0.538. The van der Waals surface area contributed by atoms with Crippen molar-refractivity contribution >= 4 is 5.91 Å². The third kappa shape index (κ3) is 2.06. The number of pyridine rings is 1. The molecule has 0 spiro atoms. The molecule has 0 saturated carbocycles. The van der Waals surface area contributed by atoms with Crippen LogP contribution in [0.3, 0.4) is 0 Å². The third-order valence-electron chi connectivity index (χ3n) is 3.64. The van der Waals surface area contributed by atoms with Gasteiger partial charge in [0.25, 0.3) is 11.5 Å². The van der Waals surface area contributed by atoms with Crippen molar-refractivity contribution in [3.05, 3.63) is 34.2 Å². The molecule has 1 saturated heterocycles.